The van der Waals surface area contributed by atoms with E-state index in [0.717, 1.165) is 16.8 Å². The third-order valence-electron chi connectivity index (χ3n) is 4.44. The van der Waals surface area contributed by atoms with Gasteiger partial charge in [0.2, 0.25) is 0 Å². The second-order valence-corrected chi connectivity index (χ2v) is 7.99. The average Bonchev–Trinajstić information content (AvgIpc) is 3.27. The van der Waals surface area contributed by atoms with Gasteiger partial charge in [-0.1, -0.05) is 23.4 Å². The molecule has 1 aromatic carbocycles. The van der Waals surface area contributed by atoms with Crippen molar-refractivity contribution in [3.63, 3.8) is 0 Å². The van der Waals surface area contributed by atoms with E-state index >= 15 is 0 Å². The maximum atomic E-state index is 12.4. The van der Waals surface area contributed by atoms with Crippen molar-refractivity contribution in [2.24, 2.45) is 5.10 Å². The topological polar surface area (TPSA) is 98.0 Å². The number of carbonyl (C=O) groups is 1. The van der Waals surface area contributed by atoms with Crippen molar-refractivity contribution in [3.8, 4) is 17.1 Å². The van der Waals surface area contributed by atoms with Crippen LogP contribution < -0.4 is 5.43 Å². The van der Waals surface area contributed by atoms with E-state index in [1.807, 2.05) is 47.9 Å². The van der Waals surface area contributed by atoms with Crippen LogP contribution in [0.4, 0.5) is 0 Å². The lowest BCUT2D eigenvalue weighted by Gasteiger charge is -2.10. The molecule has 0 atom stereocenters. The molecule has 1 amide bonds. The predicted molar refractivity (Wildman–Crippen MR) is 125 cm³/mol. The van der Waals surface area contributed by atoms with Gasteiger partial charge in [0.05, 0.1) is 11.5 Å². The lowest BCUT2D eigenvalue weighted by molar-refractivity contribution is -0.118. The van der Waals surface area contributed by atoms with E-state index in [2.05, 4.69) is 30.7 Å². The van der Waals surface area contributed by atoms with Gasteiger partial charge in [-0.3, -0.25) is 19.3 Å². The monoisotopic (exact) mass is 463 g/mol. The molecule has 0 radical (unpaired) electrons. The number of carbonyl (C=O) groups excluding carboxylic acids is 1. The van der Waals surface area contributed by atoms with Crippen LogP contribution in [0.3, 0.4) is 0 Å². The van der Waals surface area contributed by atoms with E-state index in [4.69, 9.17) is 11.6 Å². The molecule has 3 aromatic heterocycles. The van der Waals surface area contributed by atoms with Gasteiger partial charge in [0, 0.05) is 46.6 Å². The highest BCUT2D eigenvalue weighted by atomic mass is 35.5. The van der Waals surface area contributed by atoms with Crippen LogP contribution in [0.2, 0.25) is 5.02 Å². The van der Waals surface area contributed by atoms with Crippen molar-refractivity contribution < 1.29 is 4.79 Å². The Morgan fingerprint density at radius 1 is 1.00 bits per heavy atom. The summed E-state index contributed by atoms with van der Waals surface area (Å²) in [4.78, 5) is 20.4. The number of amides is 1. The molecule has 0 aliphatic rings. The number of halogens is 1. The summed E-state index contributed by atoms with van der Waals surface area (Å²) in [6, 6.07) is 14.7. The smallest absolute Gasteiger partial charge is 0.250 e. The van der Waals surface area contributed by atoms with Gasteiger partial charge >= 0.3 is 0 Å². The van der Waals surface area contributed by atoms with Gasteiger partial charge in [0.15, 0.2) is 11.0 Å². The molecular weight excluding hydrogens is 446 g/mol. The van der Waals surface area contributed by atoms with Crippen molar-refractivity contribution in [3.05, 3.63) is 83.9 Å². The van der Waals surface area contributed by atoms with Crippen LogP contribution in [0.15, 0.2) is 83.6 Å². The minimum absolute atomic E-state index is 0.120. The predicted octanol–water partition coefficient (Wildman–Crippen LogP) is 4.01. The summed E-state index contributed by atoms with van der Waals surface area (Å²) >= 11 is 7.32. The van der Waals surface area contributed by atoms with Gasteiger partial charge < -0.3 is 0 Å². The van der Waals surface area contributed by atoms with Gasteiger partial charge in [0.1, 0.15) is 0 Å². The number of hydrogen-bond acceptors (Lipinski definition) is 7. The first-order valence-electron chi connectivity index (χ1n) is 9.60. The van der Waals surface area contributed by atoms with Gasteiger partial charge in [-0.2, -0.15) is 5.10 Å². The standard InChI is InChI=1S/C22H18ClN7OS/c1-15(16-6-10-24-11-7-16)26-27-20(31)14-32-22-29-28-21(17-8-12-25-13-9-17)30(22)19-4-2-18(23)3-5-19/h2-13H,14H2,1H3,(H,27,31)/b26-15-. The fourth-order valence-corrected chi connectivity index (χ4v) is 3.71. The van der Waals surface area contributed by atoms with Crippen LogP contribution >= 0.6 is 23.4 Å². The van der Waals surface area contributed by atoms with Crippen molar-refractivity contribution in [2.75, 3.05) is 5.75 Å². The van der Waals surface area contributed by atoms with Crippen molar-refractivity contribution in [2.45, 2.75) is 12.1 Å². The number of nitrogens with zero attached hydrogens (tertiary/aromatic N) is 6. The number of hydrazone groups is 1. The van der Waals surface area contributed by atoms with Crippen LogP contribution in [0.1, 0.15) is 12.5 Å². The third kappa shape index (κ3) is 5.19. The number of pyridine rings is 2. The molecule has 0 saturated carbocycles. The number of hydrogen-bond donors (Lipinski definition) is 1. The summed E-state index contributed by atoms with van der Waals surface area (Å²) in [5.74, 6) is 0.513. The zero-order valence-electron chi connectivity index (χ0n) is 17.0. The lowest BCUT2D eigenvalue weighted by Crippen LogP contribution is -2.21. The Morgan fingerprint density at radius 3 is 2.34 bits per heavy atom. The fraction of sp³-hybridized carbons (Fsp3) is 0.0909. The molecule has 0 unspecified atom stereocenters. The van der Waals surface area contributed by atoms with Crippen LogP contribution in [-0.4, -0.2) is 42.1 Å². The maximum absolute atomic E-state index is 12.4. The van der Waals surface area contributed by atoms with E-state index in [1.54, 1.807) is 36.9 Å². The average molecular weight is 464 g/mol. The highest BCUT2D eigenvalue weighted by Crippen LogP contribution is 2.28. The Hall–Kier alpha value is -3.56. The molecule has 0 aliphatic carbocycles. The molecule has 0 bridgehead atoms. The molecule has 0 spiro atoms. The molecule has 0 aliphatic heterocycles. The molecule has 10 heteroatoms. The summed E-state index contributed by atoms with van der Waals surface area (Å²) in [5.41, 5.74) is 5.85. The van der Waals surface area contributed by atoms with Gasteiger partial charge in [-0.25, -0.2) is 5.43 Å². The van der Waals surface area contributed by atoms with E-state index in [9.17, 15) is 4.79 Å². The maximum Gasteiger partial charge on any atom is 0.250 e. The molecule has 0 fully saturated rings. The Balaban J connectivity index is 1.53. The molecule has 0 saturated heterocycles. The van der Waals surface area contributed by atoms with E-state index in [0.29, 0.717) is 21.7 Å². The molecule has 8 nitrogen and oxygen atoms in total. The Labute approximate surface area is 193 Å². The van der Waals surface area contributed by atoms with E-state index in [-0.39, 0.29) is 11.7 Å². The van der Waals surface area contributed by atoms with Gasteiger partial charge in [-0.05, 0) is 55.5 Å². The van der Waals surface area contributed by atoms with Crippen molar-refractivity contribution in [1.82, 2.24) is 30.2 Å². The van der Waals surface area contributed by atoms with Crippen LogP contribution in [-0.2, 0) is 4.79 Å². The number of rotatable bonds is 7. The quantitative estimate of drug-likeness (QED) is 0.252. The summed E-state index contributed by atoms with van der Waals surface area (Å²) in [6.07, 6.45) is 6.74. The lowest BCUT2D eigenvalue weighted by atomic mass is 10.2. The summed E-state index contributed by atoms with van der Waals surface area (Å²) < 4.78 is 1.88. The van der Waals surface area contributed by atoms with Crippen LogP contribution in [0, 0.1) is 0 Å². The normalized spacial score (nSPS) is 11.4. The third-order valence-corrected chi connectivity index (χ3v) is 5.62. The van der Waals surface area contributed by atoms with Crippen LogP contribution in [0.25, 0.3) is 17.1 Å². The molecular formula is C22H18ClN7OS. The molecule has 4 rings (SSSR count). The zero-order valence-corrected chi connectivity index (χ0v) is 18.6. The molecule has 4 aromatic rings. The number of benzene rings is 1. The Kier molecular flexibility index (Phi) is 6.88. The first-order chi connectivity index (χ1) is 15.6. The highest BCUT2D eigenvalue weighted by Gasteiger charge is 2.17. The van der Waals surface area contributed by atoms with Crippen molar-refractivity contribution >= 4 is 35.0 Å². The summed E-state index contributed by atoms with van der Waals surface area (Å²) in [5, 5.41) is 14.0. The molecule has 3 heterocycles. The summed E-state index contributed by atoms with van der Waals surface area (Å²) in [7, 11) is 0. The summed E-state index contributed by atoms with van der Waals surface area (Å²) in [6.45, 7) is 1.82. The highest BCUT2D eigenvalue weighted by molar-refractivity contribution is 7.99. The second-order valence-electron chi connectivity index (χ2n) is 6.61. The minimum atomic E-state index is -0.250. The van der Waals surface area contributed by atoms with E-state index < -0.39 is 0 Å². The second kappa shape index (κ2) is 10.2. The first-order valence-corrected chi connectivity index (χ1v) is 11.0. The molecule has 1 N–H and O–H groups in total. The van der Waals surface area contributed by atoms with Gasteiger partial charge in [0.25, 0.3) is 5.91 Å². The zero-order chi connectivity index (χ0) is 22.3. The minimum Gasteiger partial charge on any atom is -0.272 e. The SMILES string of the molecule is C/C(=N/NC(=O)CSc1nnc(-c2ccncc2)n1-c1ccc(Cl)cc1)c1ccncc1. The number of aromatic nitrogens is 5. The fourth-order valence-electron chi connectivity index (χ4n) is 2.84. The molecule has 32 heavy (non-hydrogen) atoms. The number of thioether (sulfide) groups is 1. The molecule has 160 valence electrons. The van der Waals surface area contributed by atoms with E-state index in [1.165, 1.54) is 11.8 Å². The Bertz CT molecular complexity index is 1230. The van der Waals surface area contributed by atoms with Crippen LogP contribution in [0.5, 0.6) is 0 Å². The first kappa shape index (κ1) is 21.7. The Morgan fingerprint density at radius 2 is 1.66 bits per heavy atom. The number of nitrogens with one attached hydrogen (secondary N) is 1. The van der Waals surface area contributed by atoms with Gasteiger partial charge in [-0.15, -0.1) is 10.2 Å². The van der Waals surface area contributed by atoms with Crippen molar-refractivity contribution in [1.29, 1.82) is 0 Å². The largest absolute Gasteiger partial charge is 0.272 e.